The van der Waals surface area contributed by atoms with E-state index < -0.39 is 0 Å². The van der Waals surface area contributed by atoms with Gasteiger partial charge < -0.3 is 0 Å². The van der Waals surface area contributed by atoms with Gasteiger partial charge in [0.05, 0.1) is 0 Å². The van der Waals surface area contributed by atoms with E-state index in [0.717, 1.165) is 10.9 Å². The van der Waals surface area contributed by atoms with Crippen LogP contribution in [0.15, 0.2) is 22.9 Å². The van der Waals surface area contributed by atoms with Crippen molar-refractivity contribution >= 4 is 31.9 Å². The maximum absolute atomic E-state index is 4.07. The van der Waals surface area contributed by atoms with Gasteiger partial charge in [-0.3, -0.25) is 4.98 Å². The van der Waals surface area contributed by atoms with Gasteiger partial charge in [-0.25, -0.2) is 0 Å². The summed E-state index contributed by atoms with van der Waals surface area (Å²) in [4.78, 5) is 4.58. The lowest BCUT2D eigenvalue weighted by atomic mass is 10.2. The molecule has 1 aromatic heterocycles. The first-order chi connectivity index (χ1) is 5.18. The van der Waals surface area contributed by atoms with Crippen LogP contribution in [0.2, 0.25) is 0 Å². The Bertz CT molecular complexity index is 235. The Labute approximate surface area is 83.5 Å². The molecule has 11 heavy (non-hydrogen) atoms. The summed E-state index contributed by atoms with van der Waals surface area (Å²) in [5.41, 5.74) is 1.25. The molecule has 0 aliphatic heterocycles. The Morgan fingerprint density at radius 1 is 1.55 bits per heavy atom. The second-order valence-corrected chi connectivity index (χ2v) is 4.98. The van der Waals surface area contributed by atoms with Crippen LogP contribution in [0.4, 0.5) is 0 Å². The number of nitrogens with zero attached hydrogens (tertiary/aromatic N) is 1. The van der Waals surface area contributed by atoms with Gasteiger partial charge in [0.25, 0.3) is 0 Å². The average Bonchev–Trinajstić information content (AvgIpc) is 1.85. The van der Waals surface area contributed by atoms with Crippen molar-refractivity contribution in [1.29, 1.82) is 0 Å². The molecule has 0 radical (unpaired) electrons. The number of rotatable bonds is 2. The lowest BCUT2D eigenvalue weighted by Crippen LogP contribution is -1.96. The van der Waals surface area contributed by atoms with Crippen LogP contribution >= 0.6 is 31.9 Å². The van der Waals surface area contributed by atoms with Crippen molar-refractivity contribution < 1.29 is 0 Å². The highest BCUT2D eigenvalue weighted by molar-refractivity contribution is 9.10. The molecule has 0 aliphatic carbocycles. The highest BCUT2D eigenvalue weighted by Crippen LogP contribution is 2.13. The van der Waals surface area contributed by atoms with E-state index >= 15 is 0 Å². The summed E-state index contributed by atoms with van der Waals surface area (Å²) in [5.74, 6) is 0. The number of halogens is 2. The van der Waals surface area contributed by atoms with Crippen LogP contribution in [0.3, 0.4) is 0 Å². The van der Waals surface area contributed by atoms with E-state index in [1.165, 1.54) is 5.56 Å². The van der Waals surface area contributed by atoms with Gasteiger partial charge in [0.1, 0.15) is 0 Å². The van der Waals surface area contributed by atoms with E-state index in [-0.39, 0.29) is 0 Å². The van der Waals surface area contributed by atoms with Crippen molar-refractivity contribution in [3.63, 3.8) is 0 Å². The summed E-state index contributed by atoms with van der Waals surface area (Å²) in [6.45, 7) is 2.13. The fourth-order valence-corrected chi connectivity index (χ4v) is 1.68. The van der Waals surface area contributed by atoms with E-state index in [0.29, 0.717) is 4.83 Å². The Hall–Kier alpha value is 0.110. The molecule has 1 unspecified atom stereocenters. The zero-order valence-corrected chi connectivity index (χ0v) is 9.39. The zero-order chi connectivity index (χ0) is 8.27. The van der Waals surface area contributed by atoms with E-state index in [2.05, 4.69) is 49.8 Å². The Kier molecular flexibility index (Phi) is 3.52. The standard InChI is InChI=1S/C8H9Br2N/c1-6(9)2-7-3-8(10)5-11-4-7/h3-6H,2H2,1H3. The van der Waals surface area contributed by atoms with Crippen LogP contribution in [0, 0.1) is 0 Å². The fraction of sp³-hybridized carbons (Fsp3) is 0.375. The minimum absolute atomic E-state index is 0.513. The van der Waals surface area contributed by atoms with E-state index in [1.54, 1.807) is 6.20 Å². The summed E-state index contributed by atoms with van der Waals surface area (Å²) in [7, 11) is 0. The van der Waals surface area contributed by atoms with E-state index in [9.17, 15) is 0 Å². The first kappa shape index (κ1) is 9.20. The summed E-state index contributed by atoms with van der Waals surface area (Å²) in [5, 5.41) is 0. The van der Waals surface area contributed by atoms with Gasteiger partial charge in [0.15, 0.2) is 0 Å². The summed E-state index contributed by atoms with van der Waals surface area (Å²) < 4.78 is 1.04. The van der Waals surface area contributed by atoms with Gasteiger partial charge in [-0.05, 0) is 34.0 Å². The normalized spacial score (nSPS) is 13.0. The molecule has 1 heterocycles. The van der Waals surface area contributed by atoms with Crippen molar-refractivity contribution in [3.8, 4) is 0 Å². The lowest BCUT2D eigenvalue weighted by Gasteiger charge is -2.02. The molecule has 0 saturated carbocycles. The maximum Gasteiger partial charge on any atom is 0.0410 e. The monoisotopic (exact) mass is 277 g/mol. The molecule has 0 bridgehead atoms. The SMILES string of the molecule is CC(Br)Cc1cncc(Br)c1. The van der Waals surface area contributed by atoms with E-state index in [4.69, 9.17) is 0 Å². The van der Waals surface area contributed by atoms with E-state index in [1.807, 2.05) is 6.20 Å². The van der Waals surface area contributed by atoms with Crippen LogP contribution in [0.1, 0.15) is 12.5 Å². The number of hydrogen-bond acceptors (Lipinski definition) is 1. The molecule has 1 nitrogen and oxygen atoms in total. The number of hydrogen-bond donors (Lipinski definition) is 0. The Morgan fingerprint density at radius 3 is 2.82 bits per heavy atom. The van der Waals surface area contributed by atoms with Gasteiger partial charge in [0, 0.05) is 21.7 Å². The van der Waals surface area contributed by atoms with Gasteiger partial charge in [-0.1, -0.05) is 22.9 Å². The van der Waals surface area contributed by atoms with Crippen molar-refractivity contribution in [1.82, 2.24) is 4.98 Å². The molecule has 1 aromatic rings. The molecule has 0 aliphatic rings. The Morgan fingerprint density at radius 2 is 2.27 bits per heavy atom. The van der Waals surface area contributed by atoms with Gasteiger partial charge in [-0.2, -0.15) is 0 Å². The summed E-state index contributed by atoms with van der Waals surface area (Å²) >= 11 is 6.87. The highest BCUT2D eigenvalue weighted by Gasteiger charge is 1.98. The first-order valence-electron chi connectivity index (χ1n) is 3.42. The molecule has 0 spiro atoms. The summed E-state index contributed by atoms with van der Waals surface area (Å²) in [6, 6.07) is 2.09. The molecule has 0 fully saturated rings. The van der Waals surface area contributed by atoms with Gasteiger partial charge in [-0.15, -0.1) is 0 Å². The van der Waals surface area contributed by atoms with Crippen LogP contribution in [0.5, 0.6) is 0 Å². The van der Waals surface area contributed by atoms with Crippen molar-refractivity contribution in [2.24, 2.45) is 0 Å². The van der Waals surface area contributed by atoms with Crippen molar-refractivity contribution in [2.75, 3.05) is 0 Å². The van der Waals surface area contributed by atoms with Gasteiger partial charge >= 0.3 is 0 Å². The summed E-state index contributed by atoms with van der Waals surface area (Å²) in [6.07, 6.45) is 4.71. The van der Waals surface area contributed by atoms with Crippen molar-refractivity contribution in [3.05, 3.63) is 28.5 Å². The second-order valence-electron chi connectivity index (χ2n) is 2.50. The number of pyridine rings is 1. The van der Waals surface area contributed by atoms with Crippen LogP contribution in [-0.4, -0.2) is 9.81 Å². The molecular weight excluding hydrogens is 270 g/mol. The maximum atomic E-state index is 4.07. The topological polar surface area (TPSA) is 12.9 Å². The molecule has 0 saturated heterocycles. The third-order valence-electron chi connectivity index (χ3n) is 1.28. The van der Waals surface area contributed by atoms with Crippen LogP contribution in [0.25, 0.3) is 0 Å². The fourth-order valence-electron chi connectivity index (χ4n) is 0.892. The molecule has 1 atom stereocenters. The molecule has 1 rings (SSSR count). The zero-order valence-electron chi connectivity index (χ0n) is 6.22. The third-order valence-corrected chi connectivity index (χ3v) is 2.04. The smallest absolute Gasteiger partial charge is 0.0410 e. The van der Waals surface area contributed by atoms with Gasteiger partial charge in [0.2, 0.25) is 0 Å². The highest BCUT2D eigenvalue weighted by atomic mass is 79.9. The second kappa shape index (κ2) is 4.21. The van der Waals surface area contributed by atoms with Crippen molar-refractivity contribution in [2.45, 2.75) is 18.2 Å². The molecule has 0 N–H and O–H groups in total. The minimum atomic E-state index is 0.513. The minimum Gasteiger partial charge on any atom is -0.263 e. The Balaban J connectivity index is 2.71. The predicted octanol–water partition coefficient (Wildman–Crippen LogP) is 3.17. The quantitative estimate of drug-likeness (QED) is 0.758. The van der Waals surface area contributed by atoms with Crippen LogP contribution < -0.4 is 0 Å². The van der Waals surface area contributed by atoms with Crippen LogP contribution in [-0.2, 0) is 6.42 Å². The molecule has 60 valence electrons. The molecule has 0 amide bonds. The first-order valence-corrected chi connectivity index (χ1v) is 5.13. The molecule has 0 aromatic carbocycles. The number of aromatic nitrogens is 1. The largest absolute Gasteiger partial charge is 0.263 e. The average molecular weight is 279 g/mol. The predicted molar refractivity (Wildman–Crippen MR) is 54.0 cm³/mol. The lowest BCUT2D eigenvalue weighted by molar-refractivity contribution is 0.948. The molecular formula is C8H9Br2N. The molecule has 3 heteroatoms. The third kappa shape index (κ3) is 3.34. The number of alkyl halides is 1.